The maximum absolute atomic E-state index is 5.19. The first-order valence-electron chi connectivity index (χ1n) is 5.28. The van der Waals surface area contributed by atoms with Crippen LogP contribution < -0.4 is 10.8 Å². The smallest absolute Gasteiger partial charge is 0.199 e. The number of aryl methyl sites for hydroxylation is 1. The van der Waals surface area contributed by atoms with Gasteiger partial charge in [0.1, 0.15) is 5.49 Å². The molecule has 1 N–H and O–H groups in total. The summed E-state index contributed by atoms with van der Waals surface area (Å²) in [4.78, 5) is 4.34. The van der Waals surface area contributed by atoms with E-state index in [4.69, 9.17) is 12.2 Å². The molecule has 0 atom stereocenters. The molecule has 0 aliphatic heterocycles. The molecule has 0 radical (unpaired) electrons. The molecule has 0 aliphatic carbocycles. The standard InChI is InChI=1S/C13H13N3S/c1-16-10-6-5-9-12(16)15-13(17)14-11-7-3-2-4-8-11/h2-10H,1H3,(H,14,17). The summed E-state index contributed by atoms with van der Waals surface area (Å²) in [6, 6.07) is 15.6. The Morgan fingerprint density at radius 2 is 1.82 bits per heavy atom. The van der Waals surface area contributed by atoms with Gasteiger partial charge in [0.05, 0.1) is 0 Å². The van der Waals surface area contributed by atoms with E-state index in [-0.39, 0.29) is 0 Å². The van der Waals surface area contributed by atoms with Gasteiger partial charge in [-0.15, -0.1) is 0 Å². The topological polar surface area (TPSA) is 29.3 Å². The van der Waals surface area contributed by atoms with E-state index >= 15 is 0 Å². The summed E-state index contributed by atoms with van der Waals surface area (Å²) in [5.41, 5.74) is 1.76. The molecular formula is C13H13N3S. The Morgan fingerprint density at radius 3 is 2.53 bits per heavy atom. The van der Waals surface area contributed by atoms with Gasteiger partial charge in [0, 0.05) is 18.9 Å². The van der Waals surface area contributed by atoms with Crippen LogP contribution >= 0.6 is 12.2 Å². The van der Waals surface area contributed by atoms with Gasteiger partial charge in [-0.3, -0.25) is 0 Å². The fraction of sp³-hybridized carbons (Fsp3) is 0.0769. The number of thiocarbonyl (C=S) groups is 1. The highest BCUT2D eigenvalue weighted by Gasteiger charge is 1.94. The Morgan fingerprint density at radius 1 is 1.12 bits per heavy atom. The highest BCUT2D eigenvalue weighted by Crippen LogP contribution is 2.04. The molecule has 3 nitrogen and oxygen atoms in total. The zero-order valence-corrected chi connectivity index (χ0v) is 10.3. The number of nitrogens with one attached hydrogen (secondary N) is 1. The van der Waals surface area contributed by atoms with Gasteiger partial charge in [0.25, 0.3) is 0 Å². The highest BCUT2D eigenvalue weighted by molar-refractivity contribution is 7.80. The van der Waals surface area contributed by atoms with Gasteiger partial charge >= 0.3 is 0 Å². The number of para-hydroxylation sites is 1. The molecule has 0 saturated heterocycles. The molecule has 17 heavy (non-hydrogen) atoms. The molecule has 0 amide bonds. The van der Waals surface area contributed by atoms with Crippen molar-refractivity contribution in [3.63, 3.8) is 0 Å². The minimum Gasteiger partial charge on any atom is -0.336 e. The van der Waals surface area contributed by atoms with E-state index in [1.807, 2.05) is 66.3 Å². The maximum Gasteiger partial charge on any atom is 0.199 e. The lowest BCUT2D eigenvalue weighted by atomic mass is 10.3. The van der Waals surface area contributed by atoms with Crippen LogP contribution in [0.3, 0.4) is 0 Å². The van der Waals surface area contributed by atoms with Crippen molar-refractivity contribution in [3.8, 4) is 0 Å². The summed E-state index contributed by atoms with van der Waals surface area (Å²) in [5.74, 6) is 0. The average molecular weight is 243 g/mol. The highest BCUT2D eigenvalue weighted by atomic mass is 32.1. The van der Waals surface area contributed by atoms with Gasteiger partial charge < -0.3 is 9.88 Å². The average Bonchev–Trinajstić information content (AvgIpc) is 2.33. The number of hydrogen-bond acceptors (Lipinski definition) is 1. The van der Waals surface area contributed by atoms with E-state index in [1.165, 1.54) is 0 Å². The molecular weight excluding hydrogens is 230 g/mol. The summed E-state index contributed by atoms with van der Waals surface area (Å²) in [6.07, 6.45) is 1.93. The lowest BCUT2D eigenvalue weighted by Crippen LogP contribution is -2.20. The molecule has 0 spiro atoms. The first-order chi connectivity index (χ1) is 8.25. The molecule has 0 bridgehead atoms. The van der Waals surface area contributed by atoms with Crippen molar-refractivity contribution in [2.45, 2.75) is 0 Å². The molecule has 0 saturated carbocycles. The third kappa shape index (κ3) is 3.26. The van der Waals surface area contributed by atoms with E-state index < -0.39 is 0 Å². The zero-order valence-electron chi connectivity index (χ0n) is 9.50. The van der Waals surface area contributed by atoms with E-state index in [2.05, 4.69) is 10.3 Å². The Kier molecular flexibility index (Phi) is 3.67. The van der Waals surface area contributed by atoms with Crippen molar-refractivity contribution in [2.75, 3.05) is 5.32 Å². The van der Waals surface area contributed by atoms with Crippen LogP contribution in [0.4, 0.5) is 5.69 Å². The van der Waals surface area contributed by atoms with E-state index in [0.29, 0.717) is 5.11 Å². The predicted octanol–water partition coefficient (Wildman–Crippen LogP) is 2.32. The third-order valence-electron chi connectivity index (χ3n) is 2.27. The maximum atomic E-state index is 5.19. The van der Waals surface area contributed by atoms with Crippen LogP contribution in [0.2, 0.25) is 0 Å². The molecule has 1 heterocycles. The van der Waals surface area contributed by atoms with Crippen LogP contribution in [-0.4, -0.2) is 9.68 Å². The van der Waals surface area contributed by atoms with Crippen molar-refractivity contribution in [2.24, 2.45) is 12.0 Å². The number of nitrogens with zero attached hydrogens (tertiary/aromatic N) is 2. The third-order valence-corrected chi connectivity index (χ3v) is 2.46. The molecule has 1 aromatic carbocycles. The number of anilines is 1. The van der Waals surface area contributed by atoms with Gasteiger partial charge in [-0.2, -0.15) is 0 Å². The molecule has 4 heteroatoms. The summed E-state index contributed by atoms with van der Waals surface area (Å²) in [6.45, 7) is 0. The van der Waals surface area contributed by atoms with Crippen LogP contribution in [0.15, 0.2) is 59.7 Å². The number of benzene rings is 1. The summed E-state index contributed by atoms with van der Waals surface area (Å²) in [5, 5.41) is 3.53. The predicted molar refractivity (Wildman–Crippen MR) is 73.6 cm³/mol. The minimum atomic E-state index is 0.456. The summed E-state index contributed by atoms with van der Waals surface area (Å²) >= 11 is 5.19. The van der Waals surface area contributed by atoms with Crippen LogP contribution in [-0.2, 0) is 7.05 Å². The van der Waals surface area contributed by atoms with Gasteiger partial charge in [0.2, 0.25) is 0 Å². The Bertz CT molecular complexity index is 572. The largest absolute Gasteiger partial charge is 0.336 e. The Balaban J connectivity index is 2.18. The molecule has 0 fully saturated rings. The molecule has 1 aromatic heterocycles. The quantitative estimate of drug-likeness (QED) is 0.779. The summed E-state index contributed by atoms with van der Waals surface area (Å²) in [7, 11) is 1.93. The SMILES string of the molecule is Cn1ccccc1=NC(=S)Nc1ccccc1. The van der Waals surface area contributed by atoms with Gasteiger partial charge in [-0.25, -0.2) is 4.99 Å². The fourth-order valence-corrected chi connectivity index (χ4v) is 1.62. The van der Waals surface area contributed by atoms with Crippen molar-refractivity contribution in [1.82, 2.24) is 4.57 Å². The van der Waals surface area contributed by atoms with E-state index in [1.54, 1.807) is 0 Å². The first-order valence-corrected chi connectivity index (χ1v) is 5.69. The van der Waals surface area contributed by atoms with Crippen molar-refractivity contribution < 1.29 is 0 Å². The van der Waals surface area contributed by atoms with Crippen LogP contribution in [0.5, 0.6) is 0 Å². The monoisotopic (exact) mass is 243 g/mol. The van der Waals surface area contributed by atoms with Crippen LogP contribution in [0.1, 0.15) is 0 Å². The van der Waals surface area contributed by atoms with Crippen LogP contribution in [0.25, 0.3) is 0 Å². The number of hydrogen-bond donors (Lipinski definition) is 1. The second-order valence-corrected chi connectivity index (χ2v) is 3.96. The Hall–Kier alpha value is -1.94. The fourth-order valence-electron chi connectivity index (χ4n) is 1.41. The molecule has 2 rings (SSSR count). The molecule has 0 unspecified atom stereocenters. The summed E-state index contributed by atoms with van der Waals surface area (Å²) < 4.78 is 1.92. The molecule has 0 aliphatic rings. The number of pyridine rings is 1. The van der Waals surface area contributed by atoms with Crippen molar-refractivity contribution in [1.29, 1.82) is 0 Å². The molecule has 2 aromatic rings. The van der Waals surface area contributed by atoms with Gasteiger partial charge in [-0.05, 0) is 36.5 Å². The minimum absolute atomic E-state index is 0.456. The van der Waals surface area contributed by atoms with Gasteiger partial charge in [0.15, 0.2) is 5.11 Å². The molecule has 86 valence electrons. The Labute approximate surface area is 105 Å². The first kappa shape index (κ1) is 11.5. The van der Waals surface area contributed by atoms with Crippen LogP contribution in [0, 0.1) is 0 Å². The normalized spacial score (nSPS) is 11.2. The van der Waals surface area contributed by atoms with Crippen molar-refractivity contribution >= 4 is 23.0 Å². The zero-order chi connectivity index (χ0) is 12.1. The number of rotatable bonds is 1. The van der Waals surface area contributed by atoms with E-state index in [0.717, 1.165) is 11.2 Å². The van der Waals surface area contributed by atoms with E-state index in [9.17, 15) is 0 Å². The lowest BCUT2D eigenvalue weighted by Gasteiger charge is -2.03. The second kappa shape index (κ2) is 5.41. The van der Waals surface area contributed by atoms with Gasteiger partial charge in [-0.1, -0.05) is 24.3 Å². The second-order valence-electron chi connectivity index (χ2n) is 3.58. The number of aromatic nitrogens is 1. The van der Waals surface area contributed by atoms with Crippen molar-refractivity contribution in [3.05, 3.63) is 60.2 Å². The lowest BCUT2D eigenvalue weighted by molar-refractivity contribution is 0.839.